The van der Waals surface area contributed by atoms with Crippen LogP contribution in [0.4, 0.5) is 0 Å². The van der Waals surface area contributed by atoms with Crippen LogP contribution in [0.15, 0.2) is 82.9 Å². The molecule has 0 aliphatic carbocycles. The summed E-state index contributed by atoms with van der Waals surface area (Å²) >= 11 is 1.44. The van der Waals surface area contributed by atoms with Crippen LogP contribution in [0.1, 0.15) is 17.0 Å². The van der Waals surface area contributed by atoms with Crippen LogP contribution in [0.25, 0.3) is 16.8 Å². The monoisotopic (exact) mass is 418 g/mol. The molecule has 6 nitrogen and oxygen atoms in total. The van der Waals surface area contributed by atoms with Gasteiger partial charge in [-0.2, -0.15) is 0 Å². The summed E-state index contributed by atoms with van der Waals surface area (Å²) in [6.07, 6.45) is 6.42. The number of esters is 1. The molecule has 0 bridgehead atoms. The van der Waals surface area contributed by atoms with Gasteiger partial charge in [-0.3, -0.25) is 4.98 Å². The summed E-state index contributed by atoms with van der Waals surface area (Å²) in [7, 11) is 0. The Bertz CT molecular complexity index is 1100. The van der Waals surface area contributed by atoms with Crippen LogP contribution < -0.4 is 4.74 Å². The van der Waals surface area contributed by atoms with Crippen LogP contribution in [0.3, 0.4) is 0 Å². The first-order valence-corrected chi connectivity index (χ1v) is 10.1. The molecule has 0 saturated carbocycles. The van der Waals surface area contributed by atoms with Gasteiger partial charge in [0.2, 0.25) is 0 Å². The van der Waals surface area contributed by atoms with Crippen molar-refractivity contribution < 1.29 is 18.7 Å². The third kappa shape index (κ3) is 5.42. The number of ether oxygens (including phenoxy) is 2. The Kier molecular flexibility index (Phi) is 6.31. The van der Waals surface area contributed by atoms with Crippen molar-refractivity contribution in [3.05, 3.63) is 95.5 Å². The molecular weight excluding hydrogens is 400 g/mol. The highest BCUT2D eigenvalue weighted by Gasteiger charge is 2.08. The minimum atomic E-state index is -0.432. The standard InChI is InChI=1S/C23H18N2O4S/c26-22(29-15-19-16-30-23(25-19)21-5-3-13-27-21)11-8-17-6-9-20(10-7-17)28-14-18-4-1-2-12-24-18/h1-13,16H,14-15H2/b11-8+. The Morgan fingerprint density at radius 3 is 2.70 bits per heavy atom. The molecule has 0 amide bonds. The van der Waals surface area contributed by atoms with Crippen LogP contribution in [0.2, 0.25) is 0 Å². The molecule has 0 aliphatic rings. The first-order valence-electron chi connectivity index (χ1n) is 9.22. The lowest BCUT2D eigenvalue weighted by atomic mass is 10.2. The van der Waals surface area contributed by atoms with Crippen molar-refractivity contribution in [2.45, 2.75) is 13.2 Å². The van der Waals surface area contributed by atoms with E-state index in [1.165, 1.54) is 17.4 Å². The fraction of sp³-hybridized carbons (Fsp3) is 0.0870. The Balaban J connectivity index is 1.24. The Labute approximate surface area is 177 Å². The lowest BCUT2D eigenvalue weighted by Gasteiger charge is -2.05. The normalized spacial score (nSPS) is 10.9. The highest BCUT2D eigenvalue weighted by atomic mass is 32.1. The predicted molar refractivity (Wildman–Crippen MR) is 114 cm³/mol. The fourth-order valence-corrected chi connectivity index (χ4v) is 3.33. The molecule has 4 aromatic rings. The van der Waals surface area contributed by atoms with E-state index in [9.17, 15) is 4.79 Å². The van der Waals surface area contributed by atoms with Gasteiger partial charge < -0.3 is 13.9 Å². The van der Waals surface area contributed by atoms with E-state index in [0.29, 0.717) is 18.1 Å². The van der Waals surface area contributed by atoms with E-state index in [2.05, 4.69) is 9.97 Å². The zero-order chi connectivity index (χ0) is 20.6. The van der Waals surface area contributed by atoms with Crippen LogP contribution in [-0.4, -0.2) is 15.9 Å². The zero-order valence-electron chi connectivity index (χ0n) is 15.9. The van der Waals surface area contributed by atoms with Crippen LogP contribution >= 0.6 is 11.3 Å². The molecule has 3 aromatic heterocycles. The fourth-order valence-electron chi connectivity index (χ4n) is 2.56. The molecule has 30 heavy (non-hydrogen) atoms. The first-order chi connectivity index (χ1) is 14.8. The second-order valence-corrected chi connectivity index (χ2v) is 7.10. The Morgan fingerprint density at radius 1 is 1.03 bits per heavy atom. The lowest BCUT2D eigenvalue weighted by molar-refractivity contribution is -0.139. The minimum absolute atomic E-state index is 0.112. The summed E-state index contributed by atoms with van der Waals surface area (Å²) in [5, 5.41) is 2.60. The first kappa shape index (κ1) is 19.6. The van der Waals surface area contributed by atoms with Crippen molar-refractivity contribution in [1.29, 1.82) is 0 Å². The van der Waals surface area contributed by atoms with Gasteiger partial charge in [0.1, 0.15) is 19.0 Å². The number of carbonyl (C=O) groups excluding carboxylic acids is 1. The number of aromatic nitrogens is 2. The highest BCUT2D eigenvalue weighted by Crippen LogP contribution is 2.24. The number of rotatable bonds is 8. The number of nitrogens with zero attached hydrogens (tertiary/aromatic N) is 2. The van der Waals surface area contributed by atoms with Crippen molar-refractivity contribution in [3.8, 4) is 16.5 Å². The molecule has 4 rings (SSSR count). The van der Waals surface area contributed by atoms with Gasteiger partial charge in [0.15, 0.2) is 10.8 Å². The van der Waals surface area contributed by atoms with Gasteiger partial charge >= 0.3 is 5.97 Å². The van der Waals surface area contributed by atoms with Crippen LogP contribution in [0.5, 0.6) is 5.75 Å². The third-order valence-corrected chi connectivity index (χ3v) is 4.96. The van der Waals surface area contributed by atoms with Gasteiger partial charge in [0, 0.05) is 17.7 Å². The summed E-state index contributed by atoms with van der Waals surface area (Å²) in [5.41, 5.74) is 2.41. The Morgan fingerprint density at radius 2 is 1.93 bits per heavy atom. The van der Waals surface area contributed by atoms with Gasteiger partial charge in [0.25, 0.3) is 0 Å². The topological polar surface area (TPSA) is 74.5 Å². The van der Waals surface area contributed by atoms with Gasteiger partial charge in [-0.15, -0.1) is 11.3 Å². The predicted octanol–water partition coefficient (Wildman–Crippen LogP) is 5.13. The maximum absolute atomic E-state index is 12.0. The number of pyridine rings is 1. The van der Waals surface area contributed by atoms with E-state index >= 15 is 0 Å². The number of thiazole rings is 1. The van der Waals surface area contributed by atoms with Crippen LogP contribution in [0, 0.1) is 0 Å². The van der Waals surface area contributed by atoms with E-state index in [1.807, 2.05) is 53.9 Å². The van der Waals surface area contributed by atoms with Gasteiger partial charge in [-0.05, 0) is 48.0 Å². The molecule has 0 N–H and O–H groups in total. The van der Waals surface area contributed by atoms with E-state index in [1.54, 1.807) is 24.6 Å². The number of hydrogen-bond acceptors (Lipinski definition) is 7. The summed E-state index contributed by atoms with van der Waals surface area (Å²) < 4.78 is 16.3. The minimum Gasteiger partial charge on any atom is -0.487 e. The molecule has 0 saturated heterocycles. The maximum Gasteiger partial charge on any atom is 0.331 e. The van der Waals surface area contributed by atoms with Crippen molar-refractivity contribution in [1.82, 2.24) is 9.97 Å². The average Bonchev–Trinajstić information content (AvgIpc) is 3.48. The molecule has 0 fully saturated rings. The van der Waals surface area contributed by atoms with Crippen molar-refractivity contribution >= 4 is 23.4 Å². The third-order valence-electron chi connectivity index (χ3n) is 4.05. The second kappa shape index (κ2) is 9.67. The second-order valence-electron chi connectivity index (χ2n) is 6.24. The SMILES string of the molecule is O=C(/C=C/c1ccc(OCc2ccccn2)cc1)OCc1csc(-c2ccco2)n1. The summed E-state index contributed by atoms with van der Waals surface area (Å²) in [6, 6.07) is 16.8. The van der Waals surface area contributed by atoms with E-state index in [-0.39, 0.29) is 6.61 Å². The number of carbonyl (C=O) groups is 1. The quantitative estimate of drug-likeness (QED) is 0.292. The summed E-state index contributed by atoms with van der Waals surface area (Å²) in [4.78, 5) is 20.6. The molecule has 7 heteroatoms. The molecular formula is C23H18N2O4S. The highest BCUT2D eigenvalue weighted by molar-refractivity contribution is 7.13. The van der Waals surface area contributed by atoms with Crippen molar-refractivity contribution in [2.75, 3.05) is 0 Å². The largest absolute Gasteiger partial charge is 0.487 e. The van der Waals surface area contributed by atoms with Gasteiger partial charge in [-0.1, -0.05) is 18.2 Å². The molecule has 3 heterocycles. The molecule has 0 atom stereocenters. The summed E-state index contributed by atoms with van der Waals surface area (Å²) in [5.74, 6) is 0.999. The molecule has 150 valence electrons. The van der Waals surface area contributed by atoms with Crippen molar-refractivity contribution in [3.63, 3.8) is 0 Å². The maximum atomic E-state index is 12.0. The lowest BCUT2D eigenvalue weighted by Crippen LogP contribution is -2.01. The molecule has 0 radical (unpaired) electrons. The molecule has 0 spiro atoms. The van der Waals surface area contributed by atoms with E-state index < -0.39 is 5.97 Å². The smallest absolute Gasteiger partial charge is 0.331 e. The zero-order valence-corrected chi connectivity index (χ0v) is 16.7. The molecule has 0 unspecified atom stereocenters. The molecule has 0 aliphatic heterocycles. The van der Waals surface area contributed by atoms with Crippen molar-refractivity contribution in [2.24, 2.45) is 0 Å². The van der Waals surface area contributed by atoms with Gasteiger partial charge in [0.05, 0.1) is 17.7 Å². The average molecular weight is 418 g/mol. The van der Waals surface area contributed by atoms with E-state index in [0.717, 1.165) is 22.0 Å². The molecule has 1 aromatic carbocycles. The number of hydrogen-bond donors (Lipinski definition) is 0. The summed E-state index contributed by atoms with van der Waals surface area (Å²) in [6.45, 7) is 0.515. The van der Waals surface area contributed by atoms with Crippen LogP contribution in [-0.2, 0) is 22.7 Å². The Hall–Kier alpha value is -3.71. The van der Waals surface area contributed by atoms with Gasteiger partial charge in [-0.25, -0.2) is 9.78 Å². The number of benzene rings is 1. The number of furan rings is 1. The van der Waals surface area contributed by atoms with E-state index in [4.69, 9.17) is 13.9 Å².